The molecule has 1 fully saturated rings. The first-order valence-electron chi connectivity index (χ1n) is 9.21. The molecule has 30 heavy (non-hydrogen) atoms. The van der Waals surface area contributed by atoms with Crippen LogP contribution in [-0.2, 0) is 19.2 Å². The van der Waals surface area contributed by atoms with Crippen LogP contribution in [0.2, 0.25) is 0 Å². The van der Waals surface area contributed by atoms with Gasteiger partial charge in [-0.1, -0.05) is 24.3 Å². The molecule has 0 saturated carbocycles. The molecule has 8 nitrogen and oxygen atoms in total. The Morgan fingerprint density at radius 2 is 1.77 bits per heavy atom. The summed E-state index contributed by atoms with van der Waals surface area (Å²) in [7, 11) is 0. The Balaban J connectivity index is 1.76. The summed E-state index contributed by atoms with van der Waals surface area (Å²) in [5, 5.41) is 12.9. The number of phenolic OH excluding ortho intramolecular Hbond substituents is 1. The first-order chi connectivity index (χ1) is 14.4. The first-order valence-corrected chi connectivity index (χ1v) is 10.2. The van der Waals surface area contributed by atoms with Crippen molar-refractivity contribution in [3.63, 3.8) is 0 Å². The molecule has 156 valence electrons. The number of nitrogens with zero attached hydrogens (tertiary/aromatic N) is 1. The molecule has 2 N–H and O–H groups in total. The number of phenols is 1. The van der Waals surface area contributed by atoms with Crippen molar-refractivity contribution in [3.05, 3.63) is 59.7 Å². The molecule has 2 aromatic carbocycles. The Bertz CT molecular complexity index is 963. The fourth-order valence-electron chi connectivity index (χ4n) is 2.78. The Labute approximate surface area is 177 Å². The zero-order chi connectivity index (χ0) is 21.7. The third-order valence-corrected chi connectivity index (χ3v) is 5.59. The second-order valence-corrected chi connectivity index (χ2v) is 7.69. The van der Waals surface area contributed by atoms with Gasteiger partial charge < -0.3 is 15.3 Å². The van der Waals surface area contributed by atoms with E-state index in [0.717, 1.165) is 4.90 Å². The van der Waals surface area contributed by atoms with Crippen LogP contribution < -0.4 is 5.32 Å². The summed E-state index contributed by atoms with van der Waals surface area (Å²) < 4.78 is 0. The van der Waals surface area contributed by atoms with Gasteiger partial charge in [-0.25, -0.2) is 4.79 Å². The number of benzene rings is 2. The van der Waals surface area contributed by atoms with Crippen molar-refractivity contribution < 1.29 is 29.1 Å². The average molecular weight is 428 g/mol. The Morgan fingerprint density at radius 1 is 1.10 bits per heavy atom. The zero-order valence-electron chi connectivity index (χ0n) is 16.2. The standard InChI is InChI=1S/C21H20N2O6S/c1-13-15(8-5-9-17(13)24)20(27)22-16(12-30-14-6-3-2-4-7-14)21(28)29-23-18(25)10-11-19(23)26/h2-9,16,24H,10-12H2,1H3,(H,22,27)/t16-/m0/s1. The molecular formula is C21H20N2O6S. The highest BCUT2D eigenvalue weighted by atomic mass is 32.2. The van der Waals surface area contributed by atoms with Crippen LogP contribution in [-0.4, -0.2) is 45.7 Å². The molecule has 3 amide bonds. The number of nitrogens with one attached hydrogen (secondary N) is 1. The maximum absolute atomic E-state index is 12.7. The van der Waals surface area contributed by atoms with E-state index in [-0.39, 0.29) is 29.9 Å². The van der Waals surface area contributed by atoms with Crippen molar-refractivity contribution in [2.45, 2.75) is 30.7 Å². The highest BCUT2D eigenvalue weighted by molar-refractivity contribution is 7.99. The SMILES string of the molecule is Cc1c(O)cccc1C(=O)N[C@@H](CSc1ccccc1)C(=O)ON1C(=O)CCC1=O. The van der Waals surface area contributed by atoms with Crippen molar-refractivity contribution >= 4 is 35.5 Å². The monoisotopic (exact) mass is 428 g/mol. The van der Waals surface area contributed by atoms with E-state index in [1.807, 2.05) is 30.3 Å². The van der Waals surface area contributed by atoms with Crippen molar-refractivity contribution in [1.29, 1.82) is 0 Å². The van der Waals surface area contributed by atoms with Gasteiger partial charge in [-0.2, -0.15) is 0 Å². The maximum atomic E-state index is 12.7. The summed E-state index contributed by atoms with van der Waals surface area (Å²) in [6.07, 6.45) is -0.0468. The van der Waals surface area contributed by atoms with Crippen LogP contribution in [0.1, 0.15) is 28.8 Å². The maximum Gasteiger partial charge on any atom is 0.356 e. The van der Waals surface area contributed by atoms with E-state index >= 15 is 0 Å². The number of carbonyl (C=O) groups is 4. The number of aromatic hydroxyl groups is 1. The molecule has 9 heteroatoms. The minimum absolute atomic E-state index is 0.0234. The van der Waals surface area contributed by atoms with Crippen molar-refractivity contribution in [2.75, 3.05) is 5.75 Å². The van der Waals surface area contributed by atoms with Gasteiger partial charge in [0, 0.05) is 34.6 Å². The molecule has 3 rings (SSSR count). The van der Waals surface area contributed by atoms with Gasteiger partial charge >= 0.3 is 5.97 Å². The summed E-state index contributed by atoms with van der Waals surface area (Å²) in [6.45, 7) is 1.58. The number of imide groups is 1. The Kier molecular flexibility index (Phi) is 6.73. The van der Waals surface area contributed by atoms with Crippen LogP contribution in [0.5, 0.6) is 5.75 Å². The van der Waals surface area contributed by atoms with Crippen LogP contribution in [0.25, 0.3) is 0 Å². The second kappa shape index (κ2) is 9.45. The van der Waals surface area contributed by atoms with Gasteiger partial charge in [0.25, 0.3) is 17.7 Å². The minimum atomic E-state index is -1.13. The van der Waals surface area contributed by atoms with Gasteiger partial charge in [0.2, 0.25) is 0 Å². The molecule has 0 bridgehead atoms. The van der Waals surface area contributed by atoms with Gasteiger partial charge in [-0.05, 0) is 31.2 Å². The highest BCUT2D eigenvalue weighted by Gasteiger charge is 2.35. The topological polar surface area (TPSA) is 113 Å². The summed E-state index contributed by atoms with van der Waals surface area (Å²) in [5.74, 6) is -2.64. The smallest absolute Gasteiger partial charge is 0.356 e. The normalized spacial score (nSPS) is 14.5. The van der Waals surface area contributed by atoms with E-state index in [1.165, 1.54) is 30.0 Å². The average Bonchev–Trinajstić information content (AvgIpc) is 3.05. The second-order valence-electron chi connectivity index (χ2n) is 6.59. The van der Waals surface area contributed by atoms with Crippen LogP contribution >= 0.6 is 11.8 Å². The summed E-state index contributed by atoms with van der Waals surface area (Å²) in [4.78, 5) is 54.8. The number of hydrogen-bond acceptors (Lipinski definition) is 7. The van der Waals surface area contributed by atoms with Gasteiger partial charge in [-0.3, -0.25) is 14.4 Å². The molecule has 1 aliphatic rings. The van der Waals surface area contributed by atoms with E-state index in [1.54, 1.807) is 6.92 Å². The first kappa shape index (κ1) is 21.4. The van der Waals surface area contributed by atoms with Crippen LogP contribution in [0.4, 0.5) is 0 Å². The van der Waals surface area contributed by atoms with Crippen LogP contribution in [0.15, 0.2) is 53.4 Å². The molecule has 0 aromatic heterocycles. The highest BCUT2D eigenvalue weighted by Crippen LogP contribution is 2.22. The molecule has 0 aliphatic carbocycles. The number of hydroxylamine groups is 2. The van der Waals surface area contributed by atoms with Gasteiger partial charge in [0.15, 0.2) is 0 Å². The van der Waals surface area contributed by atoms with E-state index in [4.69, 9.17) is 4.84 Å². The van der Waals surface area contributed by atoms with Crippen LogP contribution in [0, 0.1) is 6.92 Å². The summed E-state index contributed by atoms with van der Waals surface area (Å²) in [6, 6.07) is 12.6. The Morgan fingerprint density at radius 3 is 2.43 bits per heavy atom. The lowest BCUT2D eigenvalue weighted by Crippen LogP contribution is -2.47. The quantitative estimate of drug-likeness (QED) is 0.513. The fraction of sp³-hybridized carbons (Fsp3) is 0.238. The predicted octanol–water partition coefficient (Wildman–Crippen LogP) is 2.20. The number of thioether (sulfide) groups is 1. The van der Waals surface area contributed by atoms with Crippen molar-refractivity contribution in [3.8, 4) is 5.75 Å². The zero-order valence-corrected chi connectivity index (χ0v) is 17.0. The summed E-state index contributed by atoms with van der Waals surface area (Å²) in [5.41, 5.74) is 0.563. The van der Waals surface area contributed by atoms with E-state index in [9.17, 15) is 24.3 Å². The number of hydrogen-bond donors (Lipinski definition) is 2. The lowest BCUT2D eigenvalue weighted by molar-refractivity contribution is -0.198. The molecule has 1 saturated heterocycles. The minimum Gasteiger partial charge on any atom is -0.508 e. The van der Waals surface area contributed by atoms with Crippen LogP contribution in [0.3, 0.4) is 0 Å². The van der Waals surface area contributed by atoms with Gasteiger partial charge in [-0.15, -0.1) is 16.8 Å². The predicted molar refractivity (Wildman–Crippen MR) is 108 cm³/mol. The lowest BCUT2D eigenvalue weighted by Gasteiger charge is -2.20. The molecule has 1 atom stereocenters. The Hall–Kier alpha value is -3.33. The number of rotatable bonds is 7. The molecule has 0 unspecified atom stereocenters. The molecule has 1 heterocycles. The third kappa shape index (κ3) is 4.98. The third-order valence-electron chi connectivity index (χ3n) is 4.49. The van der Waals surface area contributed by atoms with Gasteiger partial charge in [0.1, 0.15) is 11.8 Å². The lowest BCUT2D eigenvalue weighted by atomic mass is 10.1. The molecule has 1 aliphatic heterocycles. The fourth-order valence-corrected chi connectivity index (χ4v) is 3.71. The number of carbonyl (C=O) groups excluding carboxylic acids is 4. The van der Waals surface area contributed by atoms with E-state index in [0.29, 0.717) is 10.6 Å². The number of amides is 3. The molecular weight excluding hydrogens is 408 g/mol. The van der Waals surface area contributed by atoms with E-state index in [2.05, 4.69) is 5.32 Å². The molecule has 0 radical (unpaired) electrons. The molecule has 2 aromatic rings. The molecule has 0 spiro atoms. The van der Waals surface area contributed by atoms with E-state index < -0.39 is 29.7 Å². The summed E-state index contributed by atoms with van der Waals surface area (Å²) >= 11 is 1.31. The van der Waals surface area contributed by atoms with Crippen molar-refractivity contribution in [2.24, 2.45) is 0 Å². The van der Waals surface area contributed by atoms with Gasteiger partial charge in [0.05, 0.1) is 0 Å². The van der Waals surface area contributed by atoms with Crippen molar-refractivity contribution in [1.82, 2.24) is 10.4 Å². The largest absolute Gasteiger partial charge is 0.508 e.